The van der Waals surface area contributed by atoms with Crippen molar-refractivity contribution in [2.45, 2.75) is 63.2 Å². The van der Waals surface area contributed by atoms with Gasteiger partial charge in [-0.05, 0) is 39.2 Å². The molecule has 4 heteroatoms. The lowest BCUT2D eigenvalue weighted by atomic mass is 9.97. The van der Waals surface area contributed by atoms with E-state index in [0.29, 0.717) is 24.5 Å². The maximum absolute atomic E-state index is 11.1. The van der Waals surface area contributed by atoms with Gasteiger partial charge in [0, 0.05) is 18.1 Å². The molecule has 0 aromatic heterocycles. The average molecular weight is 226 g/mol. The maximum atomic E-state index is 11.1. The van der Waals surface area contributed by atoms with E-state index < -0.39 is 5.97 Å². The molecule has 0 saturated carbocycles. The molecule has 0 spiro atoms. The molecule has 0 aromatic rings. The summed E-state index contributed by atoms with van der Waals surface area (Å²) in [7, 11) is 1.97. The lowest BCUT2D eigenvalue weighted by Crippen LogP contribution is -2.51. The summed E-state index contributed by atoms with van der Waals surface area (Å²) < 4.78 is 0. The van der Waals surface area contributed by atoms with Crippen molar-refractivity contribution in [1.82, 2.24) is 10.2 Å². The Morgan fingerprint density at radius 1 is 1.44 bits per heavy atom. The summed E-state index contributed by atoms with van der Waals surface area (Å²) in [4.78, 5) is 13.2. The molecule has 2 bridgehead atoms. The summed E-state index contributed by atoms with van der Waals surface area (Å²) in [5.41, 5.74) is 0. The molecular formula is C12H22N2O2. The van der Waals surface area contributed by atoms with Crippen LogP contribution in [0, 0.1) is 0 Å². The summed E-state index contributed by atoms with van der Waals surface area (Å²) in [6.45, 7) is 1.95. The SMILES string of the molecule is CCC(C(=O)O)N(C)C1CC2CCC(C1)N2. The fraction of sp³-hybridized carbons (Fsp3) is 0.917. The van der Waals surface area contributed by atoms with Crippen molar-refractivity contribution in [3.05, 3.63) is 0 Å². The number of fused-ring (bicyclic) bond motifs is 2. The summed E-state index contributed by atoms with van der Waals surface area (Å²) in [6.07, 6.45) is 5.43. The van der Waals surface area contributed by atoms with Crippen LogP contribution in [0.1, 0.15) is 39.0 Å². The second-order valence-electron chi connectivity index (χ2n) is 5.19. The third-order valence-electron chi connectivity index (χ3n) is 4.19. The molecule has 0 aliphatic carbocycles. The lowest BCUT2D eigenvalue weighted by molar-refractivity contribution is -0.144. The molecule has 2 fully saturated rings. The molecule has 0 amide bonds. The number of nitrogens with one attached hydrogen (secondary N) is 1. The van der Waals surface area contributed by atoms with E-state index >= 15 is 0 Å². The Kier molecular flexibility index (Phi) is 3.50. The van der Waals surface area contributed by atoms with Crippen LogP contribution in [0.2, 0.25) is 0 Å². The van der Waals surface area contributed by atoms with Crippen molar-refractivity contribution < 1.29 is 9.90 Å². The molecule has 2 rings (SSSR count). The minimum atomic E-state index is -0.684. The minimum Gasteiger partial charge on any atom is -0.480 e. The number of rotatable bonds is 4. The van der Waals surface area contributed by atoms with Gasteiger partial charge in [0.15, 0.2) is 0 Å². The fourth-order valence-corrected chi connectivity index (χ4v) is 3.25. The summed E-state index contributed by atoms with van der Waals surface area (Å²) in [5.74, 6) is -0.684. The Morgan fingerprint density at radius 2 is 2.00 bits per heavy atom. The Hall–Kier alpha value is -0.610. The van der Waals surface area contributed by atoms with Gasteiger partial charge < -0.3 is 10.4 Å². The van der Waals surface area contributed by atoms with Gasteiger partial charge in [0.1, 0.15) is 6.04 Å². The second kappa shape index (κ2) is 4.72. The molecule has 2 saturated heterocycles. The fourth-order valence-electron chi connectivity index (χ4n) is 3.25. The van der Waals surface area contributed by atoms with Crippen LogP contribution in [0.5, 0.6) is 0 Å². The number of hydrogen-bond donors (Lipinski definition) is 2. The van der Waals surface area contributed by atoms with Gasteiger partial charge >= 0.3 is 5.97 Å². The van der Waals surface area contributed by atoms with Crippen LogP contribution in [0.3, 0.4) is 0 Å². The molecule has 3 unspecified atom stereocenters. The normalized spacial score (nSPS) is 35.3. The number of hydrogen-bond acceptors (Lipinski definition) is 3. The van der Waals surface area contributed by atoms with Crippen molar-refractivity contribution in [2.75, 3.05) is 7.05 Å². The van der Waals surface area contributed by atoms with Gasteiger partial charge in [-0.1, -0.05) is 6.92 Å². The van der Waals surface area contributed by atoms with Gasteiger partial charge in [0.05, 0.1) is 0 Å². The van der Waals surface area contributed by atoms with E-state index in [1.807, 2.05) is 14.0 Å². The van der Waals surface area contributed by atoms with Crippen LogP contribution < -0.4 is 5.32 Å². The van der Waals surface area contributed by atoms with Gasteiger partial charge in [-0.25, -0.2) is 0 Å². The first-order valence-corrected chi connectivity index (χ1v) is 6.32. The number of carbonyl (C=O) groups is 1. The van der Waals surface area contributed by atoms with Gasteiger partial charge in [-0.15, -0.1) is 0 Å². The van der Waals surface area contributed by atoms with Crippen LogP contribution in [-0.2, 0) is 4.79 Å². The highest BCUT2D eigenvalue weighted by molar-refractivity contribution is 5.73. The largest absolute Gasteiger partial charge is 0.480 e. The molecule has 4 nitrogen and oxygen atoms in total. The molecule has 16 heavy (non-hydrogen) atoms. The van der Waals surface area contributed by atoms with Crippen LogP contribution in [0.4, 0.5) is 0 Å². The summed E-state index contributed by atoms with van der Waals surface area (Å²) in [6, 6.07) is 1.37. The predicted octanol–water partition coefficient (Wildman–Crippen LogP) is 1.06. The topological polar surface area (TPSA) is 52.6 Å². The third-order valence-corrected chi connectivity index (χ3v) is 4.19. The number of aliphatic carboxylic acids is 1. The average Bonchev–Trinajstić information content (AvgIpc) is 2.58. The second-order valence-corrected chi connectivity index (χ2v) is 5.19. The molecule has 0 aromatic carbocycles. The highest BCUT2D eigenvalue weighted by Crippen LogP contribution is 2.30. The standard InChI is InChI=1S/C12H22N2O2/c1-3-11(12(15)16)14(2)10-6-8-4-5-9(7-10)13-8/h8-11,13H,3-7H2,1-2H3,(H,15,16). The monoisotopic (exact) mass is 226 g/mol. The zero-order valence-electron chi connectivity index (χ0n) is 10.1. The van der Waals surface area contributed by atoms with E-state index in [4.69, 9.17) is 5.11 Å². The Bertz CT molecular complexity index is 258. The smallest absolute Gasteiger partial charge is 0.320 e. The first kappa shape index (κ1) is 11.9. The molecular weight excluding hydrogens is 204 g/mol. The van der Waals surface area contributed by atoms with Crippen LogP contribution >= 0.6 is 0 Å². The quantitative estimate of drug-likeness (QED) is 0.753. The van der Waals surface area contributed by atoms with Crippen molar-refractivity contribution in [2.24, 2.45) is 0 Å². The lowest BCUT2D eigenvalue weighted by Gasteiger charge is -2.38. The van der Waals surface area contributed by atoms with Crippen LogP contribution in [-0.4, -0.2) is 47.2 Å². The van der Waals surface area contributed by atoms with E-state index in [1.54, 1.807) is 0 Å². The summed E-state index contributed by atoms with van der Waals surface area (Å²) >= 11 is 0. The minimum absolute atomic E-state index is 0.317. The molecule has 92 valence electrons. The highest BCUT2D eigenvalue weighted by Gasteiger charge is 2.37. The molecule has 2 aliphatic heterocycles. The van der Waals surface area contributed by atoms with Gasteiger partial charge in [0.25, 0.3) is 0 Å². The van der Waals surface area contributed by atoms with Gasteiger partial charge in [-0.3, -0.25) is 9.69 Å². The molecule has 0 radical (unpaired) electrons. The molecule has 2 aliphatic rings. The Morgan fingerprint density at radius 3 is 2.44 bits per heavy atom. The number of carboxylic acids is 1. The number of nitrogens with zero attached hydrogens (tertiary/aromatic N) is 1. The highest BCUT2D eigenvalue weighted by atomic mass is 16.4. The van der Waals surface area contributed by atoms with Crippen molar-refractivity contribution in [3.63, 3.8) is 0 Å². The Balaban J connectivity index is 1.98. The zero-order chi connectivity index (χ0) is 11.7. The van der Waals surface area contributed by atoms with E-state index in [0.717, 1.165) is 12.8 Å². The van der Waals surface area contributed by atoms with Crippen LogP contribution in [0.25, 0.3) is 0 Å². The Labute approximate surface area is 97.0 Å². The first-order chi connectivity index (χ1) is 7.61. The maximum Gasteiger partial charge on any atom is 0.320 e. The van der Waals surface area contributed by atoms with Gasteiger partial charge in [0.2, 0.25) is 0 Å². The number of carboxylic acid groups (broad SMARTS) is 1. The molecule has 3 atom stereocenters. The van der Waals surface area contributed by atoms with E-state index in [1.165, 1.54) is 12.8 Å². The van der Waals surface area contributed by atoms with Crippen LogP contribution in [0.15, 0.2) is 0 Å². The molecule has 2 heterocycles. The van der Waals surface area contributed by atoms with E-state index in [9.17, 15) is 4.79 Å². The number of likely N-dealkylation sites (N-methyl/N-ethyl adjacent to an activating group) is 1. The number of piperidine rings is 1. The van der Waals surface area contributed by atoms with Crippen molar-refractivity contribution >= 4 is 5.97 Å². The third kappa shape index (κ3) is 2.23. The molecule has 2 N–H and O–H groups in total. The van der Waals surface area contributed by atoms with Crippen molar-refractivity contribution in [1.29, 1.82) is 0 Å². The zero-order valence-corrected chi connectivity index (χ0v) is 10.1. The van der Waals surface area contributed by atoms with Crippen molar-refractivity contribution in [3.8, 4) is 0 Å². The first-order valence-electron chi connectivity index (χ1n) is 6.32. The summed E-state index contributed by atoms with van der Waals surface area (Å²) in [5, 5.41) is 12.8. The van der Waals surface area contributed by atoms with E-state index in [-0.39, 0.29) is 6.04 Å². The predicted molar refractivity (Wildman–Crippen MR) is 62.4 cm³/mol. The van der Waals surface area contributed by atoms with E-state index in [2.05, 4.69) is 10.2 Å². The van der Waals surface area contributed by atoms with Gasteiger partial charge in [-0.2, -0.15) is 0 Å².